The highest BCUT2D eigenvalue weighted by molar-refractivity contribution is 6.31. The maximum atomic E-state index is 12.2. The van der Waals surface area contributed by atoms with Gasteiger partial charge < -0.3 is 14.6 Å². The molecule has 0 saturated carbocycles. The molecule has 0 aliphatic carbocycles. The van der Waals surface area contributed by atoms with Crippen molar-refractivity contribution in [2.45, 2.75) is 19.9 Å². The topological polar surface area (TPSA) is 45.5 Å². The number of halogens is 1. The highest BCUT2D eigenvalue weighted by Gasteiger charge is 2.17. The number of aryl methyl sites for hydroxylation is 1. The Kier molecular flexibility index (Phi) is 4.58. The molecule has 0 spiro atoms. The van der Waals surface area contributed by atoms with Gasteiger partial charge in [0.05, 0.1) is 11.6 Å². The van der Waals surface area contributed by atoms with Gasteiger partial charge in [0, 0.05) is 24.8 Å². The lowest BCUT2D eigenvalue weighted by Crippen LogP contribution is -2.23. The number of carbonyl (C=O) groups excluding carboxylic acids is 1. The SMILES string of the molecule is Cc1ccc(C(C)Nc2cc(Cl)ccc2C(=O)N(C)C)o1. The molecule has 21 heavy (non-hydrogen) atoms. The maximum absolute atomic E-state index is 12.2. The van der Waals surface area contributed by atoms with Crippen molar-refractivity contribution in [3.63, 3.8) is 0 Å². The molecule has 1 N–H and O–H groups in total. The summed E-state index contributed by atoms with van der Waals surface area (Å²) < 4.78 is 5.60. The molecule has 0 aliphatic rings. The lowest BCUT2D eigenvalue weighted by Gasteiger charge is -2.18. The first-order chi connectivity index (χ1) is 9.88. The average molecular weight is 307 g/mol. The standard InChI is InChI=1S/C16H19ClN2O2/c1-10-5-8-15(21-10)11(2)18-14-9-12(17)6-7-13(14)16(20)19(3)4/h5-9,11,18H,1-4H3. The lowest BCUT2D eigenvalue weighted by atomic mass is 10.1. The van der Waals surface area contributed by atoms with E-state index in [-0.39, 0.29) is 11.9 Å². The van der Waals surface area contributed by atoms with Gasteiger partial charge >= 0.3 is 0 Å². The summed E-state index contributed by atoms with van der Waals surface area (Å²) in [7, 11) is 3.44. The number of rotatable bonds is 4. The third-order valence-electron chi connectivity index (χ3n) is 3.18. The van der Waals surface area contributed by atoms with Gasteiger partial charge in [0.25, 0.3) is 5.91 Å². The first-order valence-corrected chi connectivity index (χ1v) is 7.10. The Morgan fingerprint density at radius 2 is 2.00 bits per heavy atom. The van der Waals surface area contributed by atoms with Crippen molar-refractivity contribution in [3.05, 3.63) is 52.4 Å². The molecular formula is C16H19ClN2O2. The Morgan fingerprint density at radius 3 is 2.57 bits per heavy atom. The van der Waals surface area contributed by atoms with Crippen LogP contribution in [0.4, 0.5) is 5.69 Å². The quantitative estimate of drug-likeness (QED) is 0.924. The fourth-order valence-electron chi connectivity index (χ4n) is 2.05. The van der Waals surface area contributed by atoms with Crippen molar-refractivity contribution in [3.8, 4) is 0 Å². The molecule has 0 radical (unpaired) electrons. The monoisotopic (exact) mass is 306 g/mol. The molecule has 2 aromatic rings. The smallest absolute Gasteiger partial charge is 0.255 e. The van der Waals surface area contributed by atoms with Crippen LogP contribution in [0.3, 0.4) is 0 Å². The van der Waals surface area contributed by atoms with Crippen LogP contribution >= 0.6 is 11.6 Å². The predicted molar refractivity (Wildman–Crippen MR) is 85.0 cm³/mol. The van der Waals surface area contributed by atoms with E-state index in [2.05, 4.69) is 5.32 Å². The Labute approximate surface area is 129 Å². The summed E-state index contributed by atoms with van der Waals surface area (Å²) in [6.07, 6.45) is 0. The minimum atomic E-state index is -0.0722. The van der Waals surface area contributed by atoms with Crippen LogP contribution in [0.1, 0.15) is 34.8 Å². The van der Waals surface area contributed by atoms with Gasteiger partial charge in [0.1, 0.15) is 11.5 Å². The number of nitrogens with zero attached hydrogens (tertiary/aromatic N) is 1. The van der Waals surface area contributed by atoms with E-state index >= 15 is 0 Å². The molecular weight excluding hydrogens is 288 g/mol. The number of nitrogens with one attached hydrogen (secondary N) is 1. The maximum Gasteiger partial charge on any atom is 0.255 e. The van der Waals surface area contributed by atoms with Crippen molar-refractivity contribution in [1.29, 1.82) is 0 Å². The van der Waals surface area contributed by atoms with Crippen LogP contribution in [0.5, 0.6) is 0 Å². The second-order valence-corrected chi connectivity index (χ2v) is 5.64. The minimum absolute atomic E-state index is 0.0640. The van der Waals surface area contributed by atoms with Crippen LogP contribution in [0.15, 0.2) is 34.7 Å². The second-order valence-electron chi connectivity index (χ2n) is 5.20. The van der Waals surface area contributed by atoms with E-state index in [1.165, 1.54) is 4.90 Å². The first-order valence-electron chi connectivity index (χ1n) is 6.72. The molecule has 1 heterocycles. The second kappa shape index (κ2) is 6.22. The molecule has 0 bridgehead atoms. The van der Waals surface area contributed by atoms with E-state index in [0.29, 0.717) is 16.3 Å². The molecule has 0 saturated heterocycles. The zero-order chi connectivity index (χ0) is 15.6. The minimum Gasteiger partial charge on any atom is -0.464 e. The van der Waals surface area contributed by atoms with E-state index in [1.807, 2.05) is 26.0 Å². The number of hydrogen-bond donors (Lipinski definition) is 1. The Morgan fingerprint density at radius 1 is 1.29 bits per heavy atom. The third-order valence-corrected chi connectivity index (χ3v) is 3.41. The number of hydrogen-bond acceptors (Lipinski definition) is 3. The van der Waals surface area contributed by atoms with Gasteiger partial charge in [-0.1, -0.05) is 11.6 Å². The lowest BCUT2D eigenvalue weighted by molar-refractivity contribution is 0.0828. The number of benzene rings is 1. The van der Waals surface area contributed by atoms with Crippen LogP contribution in [-0.2, 0) is 0 Å². The number of amides is 1. The summed E-state index contributed by atoms with van der Waals surface area (Å²) in [6.45, 7) is 3.87. The normalized spacial score (nSPS) is 12.0. The summed E-state index contributed by atoms with van der Waals surface area (Å²) >= 11 is 6.05. The Bertz CT molecular complexity index is 649. The summed E-state index contributed by atoms with van der Waals surface area (Å²) in [6, 6.07) is 8.97. The molecule has 2 rings (SSSR count). The van der Waals surface area contributed by atoms with Gasteiger partial charge in [0.2, 0.25) is 0 Å². The zero-order valence-electron chi connectivity index (χ0n) is 12.6. The van der Waals surface area contributed by atoms with Crippen LogP contribution in [0, 0.1) is 6.92 Å². The molecule has 4 nitrogen and oxygen atoms in total. The van der Waals surface area contributed by atoms with Crippen LogP contribution in [0.2, 0.25) is 5.02 Å². The molecule has 1 unspecified atom stereocenters. The first kappa shape index (κ1) is 15.4. The summed E-state index contributed by atoms with van der Waals surface area (Å²) in [4.78, 5) is 13.8. The molecule has 1 aromatic carbocycles. The van der Waals surface area contributed by atoms with Crippen molar-refractivity contribution in [2.75, 3.05) is 19.4 Å². The van der Waals surface area contributed by atoms with E-state index in [0.717, 1.165) is 11.5 Å². The Balaban J connectivity index is 2.30. The van der Waals surface area contributed by atoms with E-state index in [4.69, 9.17) is 16.0 Å². The van der Waals surface area contributed by atoms with Gasteiger partial charge in [-0.15, -0.1) is 0 Å². The van der Waals surface area contributed by atoms with Gasteiger partial charge in [-0.2, -0.15) is 0 Å². The van der Waals surface area contributed by atoms with Gasteiger partial charge in [0.15, 0.2) is 0 Å². The number of anilines is 1. The van der Waals surface area contributed by atoms with Crippen molar-refractivity contribution in [2.24, 2.45) is 0 Å². The Hall–Kier alpha value is -1.94. The largest absolute Gasteiger partial charge is 0.464 e. The molecule has 1 amide bonds. The number of carbonyl (C=O) groups is 1. The van der Waals surface area contributed by atoms with Crippen molar-refractivity contribution < 1.29 is 9.21 Å². The van der Waals surface area contributed by atoms with Gasteiger partial charge in [-0.3, -0.25) is 4.79 Å². The van der Waals surface area contributed by atoms with Crippen LogP contribution in [0.25, 0.3) is 0 Å². The molecule has 5 heteroatoms. The summed E-state index contributed by atoms with van der Waals surface area (Å²) in [5.74, 6) is 1.60. The fraction of sp³-hybridized carbons (Fsp3) is 0.312. The molecule has 0 fully saturated rings. The molecule has 0 aliphatic heterocycles. The summed E-state index contributed by atoms with van der Waals surface area (Å²) in [5, 5.41) is 3.87. The highest BCUT2D eigenvalue weighted by Crippen LogP contribution is 2.27. The van der Waals surface area contributed by atoms with Gasteiger partial charge in [-0.05, 0) is 44.2 Å². The summed E-state index contributed by atoms with van der Waals surface area (Å²) in [5.41, 5.74) is 1.28. The number of furan rings is 1. The van der Waals surface area contributed by atoms with E-state index in [9.17, 15) is 4.79 Å². The third kappa shape index (κ3) is 3.58. The van der Waals surface area contributed by atoms with Crippen LogP contribution in [-0.4, -0.2) is 24.9 Å². The van der Waals surface area contributed by atoms with Crippen molar-refractivity contribution >= 4 is 23.2 Å². The average Bonchev–Trinajstić information content (AvgIpc) is 2.85. The predicted octanol–water partition coefficient (Wildman–Crippen LogP) is 4.12. The van der Waals surface area contributed by atoms with Gasteiger partial charge in [-0.25, -0.2) is 0 Å². The molecule has 1 atom stereocenters. The molecule has 1 aromatic heterocycles. The fourth-order valence-corrected chi connectivity index (χ4v) is 2.23. The molecule has 112 valence electrons. The highest BCUT2D eigenvalue weighted by atomic mass is 35.5. The van der Waals surface area contributed by atoms with Crippen molar-refractivity contribution in [1.82, 2.24) is 4.90 Å². The zero-order valence-corrected chi connectivity index (χ0v) is 13.4. The van der Waals surface area contributed by atoms with E-state index < -0.39 is 0 Å². The van der Waals surface area contributed by atoms with Crippen LogP contribution < -0.4 is 5.32 Å². The van der Waals surface area contributed by atoms with E-state index in [1.54, 1.807) is 32.3 Å².